The highest BCUT2D eigenvalue weighted by atomic mass is 16.5. The number of nitrogens with zero attached hydrogens (tertiary/aromatic N) is 3. The van der Waals surface area contributed by atoms with Gasteiger partial charge in [0, 0.05) is 25.8 Å². The van der Waals surface area contributed by atoms with Crippen LogP contribution >= 0.6 is 0 Å². The van der Waals surface area contributed by atoms with E-state index in [2.05, 4.69) is 50.5 Å². The minimum absolute atomic E-state index is 0.0421. The van der Waals surface area contributed by atoms with Gasteiger partial charge in [-0.25, -0.2) is 4.98 Å². The molecule has 1 aromatic heterocycles. The summed E-state index contributed by atoms with van der Waals surface area (Å²) in [7, 11) is 0. The molecule has 1 aliphatic rings. The van der Waals surface area contributed by atoms with Crippen molar-refractivity contribution in [2.24, 2.45) is 5.73 Å². The molecule has 1 atom stereocenters. The zero-order valence-electron chi connectivity index (χ0n) is 14.6. The number of nitrogens with two attached hydrogens (primary N) is 1. The van der Waals surface area contributed by atoms with Crippen molar-refractivity contribution < 1.29 is 4.74 Å². The number of hydrogen-bond acceptors (Lipinski definition) is 6. The molecule has 1 fully saturated rings. The number of benzene rings is 2. The Morgan fingerprint density at radius 3 is 2.69 bits per heavy atom. The Hall–Kier alpha value is -2.70. The Morgan fingerprint density at radius 1 is 1.08 bits per heavy atom. The Morgan fingerprint density at radius 2 is 1.88 bits per heavy atom. The van der Waals surface area contributed by atoms with E-state index in [1.807, 2.05) is 18.2 Å². The Balaban J connectivity index is 1.55. The number of rotatable bonds is 5. The van der Waals surface area contributed by atoms with E-state index in [4.69, 9.17) is 10.5 Å². The van der Waals surface area contributed by atoms with E-state index in [0.29, 0.717) is 12.5 Å². The van der Waals surface area contributed by atoms with Gasteiger partial charge in [-0.3, -0.25) is 0 Å². The molecular formula is C20H23N5O. The lowest BCUT2D eigenvalue weighted by Crippen LogP contribution is -2.36. The molecule has 0 bridgehead atoms. The summed E-state index contributed by atoms with van der Waals surface area (Å²) in [6, 6.07) is 16.6. The van der Waals surface area contributed by atoms with Crippen molar-refractivity contribution in [3.05, 3.63) is 60.3 Å². The number of anilines is 2. The van der Waals surface area contributed by atoms with Gasteiger partial charge >= 0.3 is 0 Å². The van der Waals surface area contributed by atoms with Gasteiger partial charge in [0.2, 0.25) is 5.95 Å². The summed E-state index contributed by atoms with van der Waals surface area (Å²) in [4.78, 5) is 11.3. The van der Waals surface area contributed by atoms with Crippen LogP contribution in [0.5, 0.6) is 0 Å². The SMILES string of the molecule is NCC(Nc1nccc(N2CCOCC2)n1)c1ccc2ccccc2c1. The van der Waals surface area contributed by atoms with Gasteiger partial charge < -0.3 is 20.7 Å². The summed E-state index contributed by atoms with van der Waals surface area (Å²) in [5.41, 5.74) is 7.16. The molecule has 4 rings (SSSR count). The van der Waals surface area contributed by atoms with Crippen LogP contribution in [0.3, 0.4) is 0 Å². The van der Waals surface area contributed by atoms with Crippen LogP contribution in [0.25, 0.3) is 10.8 Å². The second-order valence-electron chi connectivity index (χ2n) is 6.38. The number of ether oxygens (including phenoxy) is 1. The Bertz CT molecular complexity index is 879. The second kappa shape index (κ2) is 7.68. The maximum absolute atomic E-state index is 6.03. The first-order chi connectivity index (χ1) is 12.8. The highest BCUT2D eigenvalue weighted by Crippen LogP contribution is 2.23. The third-order valence-corrected chi connectivity index (χ3v) is 4.69. The van der Waals surface area contributed by atoms with Crippen molar-refractivity contribution in [3.63, 3.8) is 0 Å². The van der Waals surface area contributed by atoms with Gasteiger partial charge in [0.1, 0.15) is 5.82 Å². The van der Waals surface area contributed by atoms with Crippen LogP contribution in [-0.2, 0) is 4.74 Å². The molecule has 2 aromatic carbocycles. The van der Waals surface area contributed by atoms with Crippen molar-refractivity contribution in [2.45, 2.75) is 6.04 Å². The van der Waals surface area contributed by atoms with Crippen LogP contribution in [0.4, 0.5) is 11.8 Å². The van der Waals surface area contributed by atoms with E-state index in [0.717, 1.165) is 37.7 Å². The zero-order valence-corrected chi connectivity index (χ0v) is 14.6. The average molecular weight is 349 g/mol. The lowest BCUT2D eigenvalue weighted by molar-refractivity contribution is 0.122. The quantitative estimate of drug-likeness (QED) is 0.737. The summed E-state index contributed by atoms with van der Waals surface area (Å²) in [5, 5.41) is 5.81. The van der Waals surface area contributed by atoms with E-state index >= 15 is 0 Å². The minimum Gasteiger partial charge on any atom is -0.378 e. The molecule has 1 saturated heterocycles. The van der Waals surface area contributed by atoms with Gasteiger partial charge in [-0.1, -0.05) is 36.4 Å². The summed E-state index contributed by atoms with van der Waals surface area (Å²) >= 11 is 0. The van der Waals surface area contributed by atoms with Crippen LogP contribution < -0.4 is 16.0 Å². The molecule has 1 unspecified atom stereocenters. The van der Waals surface area contributed by atoms with Gasteiger partial charge in [-0.2, -0.15) is 4.98 Å². The van der Waals surface area contributed by atoms with Gasteiger partial charge in [0.15, 0.2) is 0 Å². The van der Waals surface area contributed by atoms with E-state index in [1.54, 1.807) is 6.20 Å². The van der Waals surface area contributed by atoms with Crippen molar-refractivity contribution in [1.82, 2.24) is 9.97 Å². The van der Waals surface area contributed by atoms with Crippen molar-refractivity contribution in [3.8, 4) is 0 Å². The monoisotopic (exact) mass is 349 g/mol. The normalized spacial score (nSPS) is 15.8. The molecule has 0 spiro atoms. The molecular weight excluding hydrogens is 326 g/mol. The molecule has 6 heteroatoms. The van der Waals surface area contributed by atoms with E-state index in [9.17, 15) is 0 Å². The molecule has 3 N–H and O–H groups in total. The van der Waals surface area contributed by atoms with Crippen LogP contribution in [0.15, 0.2) is 54.7 Å². The molecule has 3 aromatic rings. The molecule has 0 radical (unpaired) electrons. The third-order valence-electron chi connectivity index (χ3n) is 4.69. The highest BCUT2D eigenvalue weighted by Gasteiger charge is 2.15. The van der Waals surface area contributed by atoms with Gasteiger partial charge in [-0.15, -0.1) is 0 Å². The van der Waals surface area contributed by atoms with Crippen molar-refractivity contribution in [1.29, 1.82) is 0 Å². The lowest BCUT2D eigenvalue weighted by atomic mass is 10.0. The number of hydrogen-bond donors (Lipinski definition) is 2. The van der Waals surface area contributed by atoms with E-state index in [-0.39, 0.29) is 6.04 Å². The van der Waals surface area contributed by atoms with Crippen molar-refractivity contribution in [2.75, 3.05) is 43.1 Å². The van der Waals surface area contributed by atoms with Gasteiger partial charge in [0.25, 0.3) is 0 Å². The van der Waals surface area contributed by atoms with Crippen LogP contribution in [0, 0.1) is 0 Å². The standard InChI is InChI=1S/C20H23N5O/c21-14-18(17-6-5-15-3-1-2-4-16(15)13-17)23-20-22-8-7-19(24-20)25-9-11-26-12-10-25/h1-8,13,18H,9-12,14,21H2,(H,22,23,24). The Labute approximate surface area is 153 Å². The predicted molar refractivity (Wildman–Crippen MR) is 104 cm³/mol. The summed E-state index contributed by atoms with van der Waals surface area (Å²) in [5.74, 6) is 1.51. The third kappa shape index (κ3) is 3.61. The maximum atomic E-state index is 6.03. The molecule has 0 aliphatic carbocycles. The second-order valence-corrected chi connectivity index (χ2v) is 6.38. The van der Waals surface area contributed by atoms with Crippen LogP contribution in [-0.4, -0.2) is 42.8 Å². The molecule has 1 aliphatic heterocycles. The first-order valence-electron chi connectivity index (χ1n) is 8.94. The minimum atomic E-state index is -0.0421. The average Bonchev–Trinajstić information content (AvgIpc) is 2.72. The molecule has 6 nitrogen and oxygen atoms in total. The maximum Gasteiger partial charge on any atom is 0.225 e. The number of fused-ring (bicyclic) bond motifs is 1. The summed E-state index contributed by atoms with van der Waals surface area (Å²) in [6.45, 7) is 3.62. The van der Waals surface area contributed by atoms with E-state index in [1.165, 1.54) is 10.8 Å². The lowest BCUT2D eigenvalue weighted by Gasteiger charge is -2.28. The fraction of sp³-hybridized carbons (Fsp3) is 0.300. The van der Waals surface area contributed by atoms with Crippen LogP contribution in [0.1, 0.15) is 11.6 Å². The summed E-state index contributed by atoms with van der Waals surface area (Å²) < 4.78 is 5.41. The zero-order chi connectivity index (χ0) is 17.8. The smallest absolute Gasteiger partial charge is 0.225 e. The van der Waals surface area contributed by atoms with Crippen LogP contribution in [0.2, 0.25) is 0 Å². The topological polar surface area (TPSA) is 76.3 Å². The molecule has 2 heterocycles. The predicted octanol–water partition coefficient (Wildman–Crippen LogP) is 2.58. The number of aromatic nitrogens is 2. The molecule has 0 amide bonds. The highest BCUT2D eigenvalue weighted by molar-refractivity contribution is 5.83. The fourth-order valence-corrected chi connectivity index (χ4v) is 3.25. The summed E-state index contributed by atoms with van der Waals surface area (Å²) in [6.07, 6.45) is 1.79. The van der Waals surface area contributed by atoms with Gasteiger partial charge in [-0.05, 0) is 28.5 Å². The number of morpholine rings is 1. The first kappa shape index (κ1) is 16.8. The number of nitrogens with one attached hydrogen (secondary N) is 1. The molecule has 134 valence electrons. The molecule has 0 saturated carbocycles. The molecule has 26 heavy (non-hydrogen) atoms. The van der Waals surface area contributed by atoms with Gasteiger partial charge in [0.05, 0.1) is 19.3 Å². The largest absolute Gasteiger partial charge is 0.378 e. The first-order valence-corrected chi connectivity index (χ1v) is 8.94. The fourth-order valence-electron chi connectivity index (χ4n) is 3.25. The van der Waals surface area contributed by atoms with Crippen molar-refractivity contribution >= 4 is 22.5 Å². The Kier molecular flexibility index (Phi) is 4.95. The van der Waals surface area contributed by atoms with E-state index < -0.39 is 0 Å².